The number of anilines is 1. The summed E-state index contributed by atoms with van der Waals surface area (Å²) < 4.78 is 7.06. The van der Waals surface area contributed by atoms with Crippen molar-refractivity contribution in [3.63, 3.8) is 0 Å². The number of nitrogen functional groups attached to an aromatic ring is 1. The van der Waals surface area contributed by atoms with Crippen molar-refractivity contribution in [2.24, 2.45) is 0 Å². The molecule has 2 N–H and O–H groups in total. The van der Waals surface area contributed by atoms with Crippen LogP contribution in [-0.4, -0.2) is 22.1 Å². The molecule has 1 aromatic heterocycles. The first-order valence-electron chi connectivity index (χ1n) is 5.78. The van der Waals surface area contributed by atoms with E-state index in [-0.39, 0.29) is 17.2 Å². The summed E-state index contributed by atoms with van der Waals surface area (Å²) in [6.45, 7) is 2.69. The summed E-state index contributed by atoms with van der Waals surface area (Å²) in [4.78, 5) is 15.9. The van der Waals surface area contributed by atoms with E-state index in [0.717, 1.165) is 5.82 Å². The van der Waals surface area contributed by atoms with Crippen molar-refractivity contribution in [1.29, 1.82) is 0 Å². The van der Waals surface area contributed by atoms with Gasteiger partial charge in [0.25, 0.3) is 0 Å². The Hall–Kier alpha value is -2.01. The highest BCUT2D eigenvalue weighted by Gasteiger charge is 2.13. The van der Waals surface area contributed by atoms with Crippen LogP contribution in [0.1, 0.15) is 16.2 Å². The molecule has 0 amide bonds. The molecular formula is C13H14ClN3O2. The van der Waals surface area contributed by atoms with Crippen LogP contribution < -0.4 is 5.73 Å². The van der Waals surface area contributed by atoms with Crippen molar-refractivity contribution in [2.75, 3.05) is 12.3 Å². The van der Waals surface area contributed by atoms with Gasteiger partial charge in [-0.25, -0.2) is 9.78 Å². The predicted molar refractivity (Wildman–Crippen MR) is 73.1 cm³/mol. The molecule has 0 aliphatic carbocycles. The second kappa shape index (κ2) is 5.75. The minimum Gasteiger partial charge on any atom is -0.460 e. The van der Waals surface area contributed by atoms with Gasteiger partial charge in [0.15, 0.2) is 0 Å². The molecular weight excluding hydrogens is 266 g/mol. The van der Waals surface area contributed by atoms with Gasteiger partial charge in [0.1, 0.15) is 12.4 Å². The van der Waals surface area contributed by atoms with Gasteiger partial charge in [-0.1, -0.05) is 17.7 Å². The number of aryl methyl sites for hydroxylation is 1. The molecule has 0 saturated heterocycles. The fourth-order valence-corrected chi connectivity index (χ4v) is 1.87. The lowest BCUT2D eigenvalue weighted by Gasteiger charge is -2.08. The number of esters is 1. The normalized spacial score (nSPS) is 10.4. The number of benzene rings is 1. The number of imidazole rings is 1. The molecule has 0 bridgehead atoms. The van der Waals surface area contributed by atoms with Gasteiger partial charge in [0.05, 0.1) is 22.8 Å². The number of carbonyl (C=O) groups is 1. The molecule has 6 heteroatoms. The number of hydrogen-bond acceptors (Lipinski definition) is 4. The third kappa shape index (κ3) is 3.06. The number of hydrogen-bond donors (Lipinski definition) is 1. The van der Waals surface area contributed by atoms with Crippen LogP contribution in [0.4, 0.5) is 5.69 Å². The van der Waals surface area contributed by atoms with Crippen LogP contribution in [0.5, 0.6) is 0 Å². The number of rotatable bonds is 4. The average molecular weight is 280 g/mol. The zero-order valence-corrected chi connectivity index (χ0v) is 11.2. The highest BCUT2D eigenvalue weighted by Crippen LogP contribution is 2.23. The molecule has 2 aromatic rings. The monoisotopic (exact) mass is 279 g/mol. The van der Waals surface area contributed by atoms with Gasteiger partial charge >= 0.3 is 5.97 Å². The van der Waals surface area contributed by atoms with E-state index in [0.29, 0.717) is 12.2 Å². The van der Waals surface area contributed by atoms with Crippen molar-refractivity contribution in [3.8, 4) is 0 Å². The Labute approximate surface area is 116 Å². The molecule has 0 aliphatic rings. The maximum absolute atomic E-state index is 11.8. The Morgan fingerprint density at radius 2 is 2.32 bits per heavy atom. The molecule has 0 saturated carbocycles. The summed E-state index contributed by atoms with van der Waals surface area (Å²) >= 11 is 5.95. The first-order chi connectivity index (χ1) is 9.09. The summed E-state index contributed by atoms with van der Waals surface area (Å²) in [6.07, 6.45) is 3.53. The van der Waals surface area contributed by atoms with Gasteiger partial charge in [-0.2, -0.15) is 0 Å². The van der Waals surface area contributed by atoms with Gasteiger partial charge in [-0.3, -0.25) is 0 Å². The Morgan fingerprint density at radius 1 is 1.53 bits per heavy atom. The standard InChI is InChI=1S/C13H14ClN3O2/c1-9-16-5-6-17(9)7-8-19-13(18)10-3-2-4-11(15)12(10)14/h2-6H,7-8,15H2,1H3. The molecule has 5 nitrogen and oxygen atoms in total. The third-order valence-corrected chi connectivity index (χ3v) is 3.16. The van der Waals surface area contributed by atoms with E-state index < -0.39 is 5.97 Å². The number of ether oxygens (including phenoxy) is 1. The molecule has 1 aromatic carbocycles. The molecule has 1 heterocycles. The van der Waals surface area contributed by atoms with E-state index in [1.165, 1.54) is 0 Å². The number of carbonyl (C=O) groups excluding carboxylic acids is 1. The van der Waals surface area contributed by atoms with E-state index in [4.69, 9.17) is 22.1 Å². The summed E-state index contributed by atoms with van der Waals surface area (Å²) in [5.41, 5.74) is 6.28. The largest absolute Gasteiger partial charge is 0.460 e. The fourth-order valence-electron chi connectivity index (χ4n) is 1.66. The zero-order chi connectivity index (χ0) is 13.8. The average Bonchev–Trinajstić information content (AvgIpc) is 2.78. The van der Waals surface area contributed by atoms with E-state index in [2.05, 4.69) is 4.98 Å². The Kier molecular flexibility index (Phi) is 4.06. The fraction of sp³-hybridized carbons (Fsp3) is 0.231. The van der Waals surface area contributed by atoms with Crippen molar-refractivity contribution in [2.45, 2.75) is 13.5 Å². The third-order valence-electron chi connectivity index (χ3n) is 2.74. The second-order valence-electron chi connectivity index (χ2n) is 4.01. The highest BCUT2D eigenvalue weighted by atomic mass is 35.5. The Balaban J connectivity index is 1.95. The van der Waals surface area contributed by atoms with E-state index >= 15 is 0 Å². The molecule has 0 unspecified atom stereocenters. The maximum atomic E-state index is 11.8. The summed E-state index contributed by atoms with van der Waals surface area (Å²) in [5.74, 6) is 0.396. The number of nitrogens with two attached hydrogens (primary N) is 1. The van der Waals surface area contributed by atoms with Crippen LogP contribution in [0.15, 0.2) is 30.6 Å². The van der Waals surface area contributed by atoms with Gasteiger partial charge in [-0.15, -0.1) is 0 Å². The second-order valence-corrected chi connectivity index (χ2v) is 4.39. The summed E-state index contributed by atoms with van der Waals surface area (Å²) in [5, 5.41) is 0.228. The predicted octanol–water partition coefficient (Wildman–Crippen LogP) is 2.28. The number of halogens is 1. The molecule has 2 rings (SSSR count). The van der Waals surface area contributed by atoms with Crippen LogP contribution in [-0.2, 0) is 11.3 Å². The van der Waals surface area contributed by atoms with Gasteiger partial charge in [0, 0.05) is 12.4 Å². The minimum absolute atomic E-state index is 0.228. The van der Waals surface area contributed by atoms with Crippen LogP contribution >= 0.6 is 11.6 Å². The van der Waals surface area contributed by atoms with Crippen LogP contribution in [0, 0.1) is 6.92 Å². The van der Waals surface area contributed by atoms with Crippen molar-refractivity contribution >= 4 is 23.3 Å². The molecule has 0 radical (unpaired) electrons. The molecule has 100 valence electrons. The Bertz CT molecular complexity index is 595. The van der Waals surface area contributed by atoms with E-state index in [9.17, 15) is 4.79 Å². The maximum Gasteiger partial charge on any atom is 0.339 e. The van der Waals surface area contributed by atoms with Crippen LogP contribution in [0.25, 0.3) is 0 Å². The number of aromatic nitrogens is 2. The van der Waals surface area contributed by atoms with Crippen molar-refractivity contribution in [3.05, 3.63) is 47.0 Å². The number of nitrogens with zero attached hydrogens (tertiary/aromatic N) is 2. The molecule has 0 aliphatic heterocycles. The molecule has 0 fully saturated rings. The van der Waals surface area contributed by atoms with Crippen molar-refractivity contribution < 1.29 is 9.53 Å². The molecule has 0 spiro atoms. The van der Waals surface area contributed by atoms with E-state index in [1.54, 1.807) is 24.4 Å². The first kappa shape index (κ1) is 13.4. The SMILES string of the molecule is Cc1nccn1CCOC(=O)c1cccc(N)c1Cl. The zero-order valence-electron chi connectivity index (χ0n) is 10.5. The summed E-state index contributed by atoms with van der Waals surface area (Å²) in [7, 11) is 0. The quantitative estimate of drug-likeness (QED) is 0.688. The van der Waals surface area contributed by atoms with Crippen molar-refractivity contribution in [1.82, 2.24) is 9.55 Å². The van der Waals surface area contributed by atoms with E-state index in [1.807, 2.05) is 17.7 Å². The summed E-state index contributed by atoms with van der Waals surface area (Å²) in [6, 6.07) is 4.88. The van der Waals surface area contributed by atoms with Crippen LogP contribution in [0.3, 0.4) is 0 Å². The first-order valence-corrected chi connectivity index (χ1v) is 6.16. The van der Waals surface area contributed by atoms with Gasteiger partial charge in [-0.05, 0) is 19.1 Å². The molecule has 19 heavy (non-hydrogen) atoms. The minimum atomic E-state index is -0.477. The Morgan fingerprint density at radius 3 is 3.00 bits per heavy atom. The lowest BCUT2D eigenvalue weighted by Crippen LogP contribution is -2.12. The highest BCUT2D eigenvalue weighted by molar-refractivity contribution is 6.36. The lowest BCUT2D eigenvalue weighted by atomic mass is 10.2. The molecule has 0 atom stereocenters. The van der Waals surface area contributed by atoms with Gasteiger partial charge < -0.3 is 15.0 Å². The lowest BCUT2D eigenvalue weighted by molar-refractivity contribution is 0.0491. The topological polar surface area (TPSA) is 70.1 Å². The van der Waals surface area contributed by atoms with Crippen LogP contribution in [0.2, 0.25) is 5.02 Å². The van der Waals surface area contributed by atoms with Gasteiger partial charge in [0.2, 0.25) is 0 Å². The smallest absolute Gasteiger partial charge is 0.339 e.